The van der Waals surface area contributed by atoms with Gasteiger partial charge in [-0.1, -0.05) is 12.1 Å². The van der Waals surface area contributed by atoms with E-state index in [9.17, 15) is 24.3 Å². The van der Waals surface area contributed by atoms with Gasteiger partial charge < -0.3 is 31.5 Å². The van der Waals surface area contributed by atoms with Gasteiger partial charge in [0.05, 0.1) is 6.04 Å². The van der Waals surface area contributed by atoms with Gasteiger partial charge in [0.25, 0.3) is 0 Å². The second kappa shape index (κ2) is 11.0. The minimum Gasteiger partial charge on any atom is -0.508 e. The quantitative estimate of drug-likeness (QED) is 0.269. The maximum absolute atomic E-state index is 12.8. The van der Waals surface area contributed by atoms with Gasteiger partial charge in [0.2, 0.25) is 17.7 Å². The van der Waals surface area contributed by atoms with Crippen molar-refractivity contribution in [3.05, 3.63) is 29.8 Å². The third-order valence-electron chi connectivity index (χ3n) is 5.09. The number of carbonyl (C=O) groups excluding carboxylic acids is 3. The average Bonchev–Trinajstić information content (AvgIpc) is 3.22. The van der Waals surface area contributed by atoms with Crippen molar-refractivity contribution in [3.8, 4) is 5.75 Å². The molecule has 6 N–H and O–H groups in total. The summed E-state index contributed by atoms with van der Waals surface area (Å²) in [4.78, 5) is 50.2. The van der Waals surface area contributed by atoms with Gasteiger partial charge in [-0.2, -0.15) is 12.6 Å². The van der Waals surface area contributed by atoms with E-state index >= 15 is 0 Å². The van der Waals surface area contributed by atoms with Crippen LogP contribution in [0.25, 0.3) is 0 Å². The SMILES string of the molecule is CC(NC(=O)C(N)Cc1ccc(O)cc1)C(=O)N1CCCC1C(=O)NC(CS)C(=O)O. The average molecular weight is 453 g/mol. The van der Waals surface area contributed by atoms with E-state index in [-0.39, 0.29) is 17.9 Å². The van der Waals surface area contributed by atoms with Crippen LogP contribution in [0.15, 0.2) is 24.3 Å². The number of aliphatic carboxylic acids is 1. The maximum atomic E-state index is 12.8. The van der Waals surface area contributed by atoms with Crippen LogP contribution in [-0.4, -0.2) is 75.3 Å². The van der Waals surface area contributed by atoms with Crippen molar-refractivity contribution in [1.82, 2.24) is 15.5 Å². The number of thiol groups is 1. The van der Waals surface area contributed by atoms with Crippen molar-refractivity contribution >= 4 is 36.3 Å². The second-order valence-electron chi connectivity index (χ2n) is 7.48. The molecule has 0 aliphatic carbocycles. The molecule has 3 amide bonds. The van der Waals surface area contributed by atoms with Crippen molar-refractivity contribution in [2.75, 3.05) is 12.3 Å². The Morgan fingerprint density at radius 1 is 1.23 bits per heavy atom. The second-order valence-corrected chi connectivity index (χ2v) is 7.84. The Balaban J connectivity index is 1.94. The molecular formula is C20H28N4O6S. The number of carbonyl (C=O) groups is 4. The monoisotopic (exact) mass is 452 g/mol. The number of carboxylic acid groups (broad SMARTS) is 1. The van der Waals surface area contributed by atoms with E-state index in [2.05, 4.69) is 23.3 Å². The number of phenols is 1. The van der Waals surface area contributed by atoms with Gasteiger partial charge in [-0.05, 0) is 43.9 Å². The van der Waals surface area contributed by atoms with E-state index in [1.54, 1.807) is 12.1 Å². The molecule has 170 valence electrons. The Labute approximate surface area is 185 Å². The number of carboxylic acids is 1. The molecular weight excluding hydrogens is 424 g/mol. The Hall–Kier alpha value is -2.79. The maximum Gasteiger partial charge on any atom is 0.327 e. The highest BCUT2D eigenvalue weighted by Crippen LogP contribution is 2.19. The van der Waals surface area contributed by atoms with Crippen molar-refractivity contribution < 1.29 is 29.4 Å². The molecule has 4 atom stereocenters. The van der Waals surface area contributed by atoms with Gasteiger partial charge in [-0.25, -0.2) is 4.79 Å². The number of likely N-dealkylation sites (tertiary alicyclic amines) is 1. The van der Waals surface area contributed by atoms with Crippen molar-refractivity contribution in [1.29, 1.82) is 0 Å². The van der Waals surface area contributed by atoms with Crippen molar-refractivity contribution in [2.45, 2.75) is 50.4 Å². The summed E-state index contributed by atoms with van der Waals surface area (Å²) in [5.41, 5.74) is 6.69. The highest BCUT2D eigenvalue weighted by atomic mass is 32.1. The number of hydrogen-bond acceptors (Lipinski definition) is 7. The van der Waals surface area contributed by atoms with E-state index in [4.69, 9.17) is 10.8 Å². The molecule has 1 aromatic carbocycles. The molecule has 1 aliphatic rings. The topological polar surface area (TPSA) is 162 Å². The highest BCUT2D eigenvalue weighted by Gasteiger charge is 2.37. The first-order valence-electron chi connectivity index (χ1n) is 9.92. The molecule has 4 unspecified atom stereocenters. The predicted molar refractivity (Wildman–Crippen MR) is 116 cm³/mol. The number of nitrogens with zero attached hydrogens (tertiary/aromatic N) is 1. The first-order chi connectivity index (χ1) is 14.6. The molecule has 0 aromatic heterocycles. The Morgan fingerprint density at radius 3 is 2.45 bits per heavy atom. The van der Waals surface area contributed by atoms with Gasteiger partial charge in [0.1, 0.15) is 23.9 Å². The summed E-state index contributed by atoms with van der Waals surface area (Å²) >= 11 is 3.92. The van der Waals surface area contributed by atoms with Gasteiger partial charge >= 0.3 is 5.97 Å². The summed E-state index contributed by atoms with van der Waals surface area (Å²) in [5.74, 6) is -2.70. The third-order valence-corrected chi connectivity index (χ3v) is 5.46. The number of nitrogens with one attached hydrogen (secondary N) is 2. The Bertz CT molecular complexity index is 818. The molecule has 0 saturated carbocycles. The third kappa shape index (κ3) is 6.59. The number of benzene rings is 1. The molecule has 0 radical (unpaired) electrons. The van der Waals surface area contributed by atoms with Crippen LogP contribution in [0, 0.1) is 0 Å². The van der Waals surface area contributed by atoms with Crippen molar-refractivity contribution in [3.63, 3.8) is 0 Å². The summed E-state index contributed by atoms with van der Waals surface area (Å²) in [7, 11) is 0. The lowest BCUT2D eigenvalue weighted by Crippen LogP contribution is -2.56. The molecule has 0 bridgehead atoms. The van der Waals surface area contributed by atoms with Crippen LogP contribution in [0.4, 0.5) is 0 Å². The van der Waals surface area contributed by atoms with E-state index < -0.39 is 47.9 Å². The lowest BCUT2D eigenvalue weighted by molar-refractivity contribution is -0.144. The number of amides is 3. The van der Waals surface area contributed by atoms with E-state index in [1.165, 1.54) is 24.0 Å². The minimum atomic E-state index is -1.21. The molecule has 1 saturated heterocycles. The molecule has 1 fully saturated rings. The number of phenolic OH excluding ortho intramolecular Hbond substituents is 1. The lowest BCUT2D eigenvalue weighted by Gasteiger charge is -2.28. The van der Waals surface area contributed by atoms with Crippen LogP contribution in [-0.2, 0) is 25.6 Å². The summed E-state index contributed by atoms with van der Waals surface area (Å²) in [6.07, 6.45) is 1.21. The van der Waals surface area contributed by atoms with E-state index in [0.717, 1.165) is 5.56 Å². The van der Waals surface area contributed by atoms with Crippen LogP contribution < -0.4 is 16.4 Å². The Morgan fingerprint density at radius 2 is 1.87 bits per heavy atom. The predicted octanol–water partition coefficient (Wildman–Crippen LogP) is -0.743. The van der Waals surface area contributed by atoms with Crippen LogP contribution in [0.5, 0.6) is 5.75 Å². The van der Waals surface area contributed by atoms with Crippen LogP contribution in [0.2, 0.25) is 0 Å². The first kappa shape index (κ1) is 24.5. The van der Waals surface area contributed by atoms with Crippen LogP contribution in [0.3, 0.4) is 0 Å². The molecule has 1 aromatic rings. The van der Waals surface area contributed by atoms with E-state index in [1.807, 2.05) is 0 Å². The molecule has 2 rings (SSSR count). The molecule has 31 heavy (non-hydrogen) atoms. The number of nitrogens with two attached hydrogens (primary N) is 1. The summed E-state index contributed by atoms with van der Waals surface area (Å²) < 4.78 is 0. The molecule has 10 nitrogen and oxygen atoms in total. The standard InChI is InChI=1S/C20H28N4O6S/c1-11(22-17(26)14(21)9-12-4-6-13(25)7-5-12)19(28)24-8-2-3-16(24)18(27)23-15(10-31)20(29)30/h4-7,11,14-16,25,31H,2-3,8-10,21H2,1H3,(H,22,26)(H,23,27)(H,29,30). The zero-order valence-electron chi connectivity index (χ0n) is 17.2. The fourth-order valence-electron chi connectivity index (χ4n) is 3.37. The fraction of sp³-hybridized carbons (Fsp3) is 0.500. The zero-order chi connectivity index (χ0) is 23.1. The normalized spacial score (nSPS) is 18.7. The Kier molecular flexibility index (Phi) is 8.69. The molecule has 1 aliphatic heterocycles. The van der Waals surface area contributed by atoms with Gasteiger partial charge in [0, 0.05) is 12.3 Å². The minimum absolute atomic E-state index is 0.0763. The zero-order valence-corrected chi connectivity index (χ0v) is 18.0. The highest BCUT2D eigenvalue weighted by molar-refractivity contribution is 7.80. The molecule has 0 spiro atoms. The van der Waals surface area contributed by atoms with Crippen molar-refractivity contribution in [2.24, 2.45) is 5.73 Å². The van der Waals surface area contributed by atoms with E-state index in [0.29, 0.717) is 19.4 Å². The first-order valence-corrected chi connectivity index (χ1v) is 10.6. The molecule has 1 heterocycles. The summed E-state index contributed by atoms with van der Waals surface area (Å²) in [6, 6.07) is 2.53. The summed E-state index contributed by atoms with van der Waals surface area (Å²) in [5, 5.41) is 23.4. The number of aromatic hydroxyl groups is 1. The number of rotatable bonds is 9. The summed E-state index contributed by atoms with van der Waals surface area (Å²) in [6.45, 7) is 1.84. The van der Waals surface area contributed by atoms with Gasteiger partial charge in [-0.3, -0.25) is 14.4 Å². The van der Waals surface area contributed by atoms with Gasteiger partial charge in [0.15, 0.2) is 0 Å². The molecule has 11 heteroatoms. The smallest absolute Gasteiger partial charge is 0.327 e. The van der Waals surface area contributed by atoms with Crippen LogP contribution in [0.1, 0.15) is 25.3 Å². The fourth-order valence-corrected chi connectivity index (χ4v) is 3.61. The largest absolute Gasteiger partial charge is 0.508 e. The number of hydrogen-bond donors (Lipinski definition) is 6. The lowest BCUT2D eigenvalue weighted by atomic mass is 10.1. The van der Waals surface area contributed by atoms with Gasteiger partial charge in [-0.15, -0.1) is 0 Å². The van der Waals surface area contributed by atoms with Crippen LogP contribution >= 0.6 is 12.6 Å².